The molecule has 0 saturated carbocycles. The fourth-order valence-corrected chi connectivity index (χ4v) is 3.30. The number of pyridine rings is 2. The van der Waals surface area contributed by atoms with Crippen molar-refractivity contribution in [1.29, 1.82) is 0 Å². The summed E-state index contributed by atoms with van der Waals surface area (Å²) in [6.45, 7) is 6.02. The lowest BCUT2D eigenvalue weighted by molar-refractivity contribution is 0.161. The second-order valence-corrected chi connectivity index (χ2v) is 7.27. The molecule has 1 aliphatic heterocycles. The molecule has 156 valence electrons. The van der Waals surface area contributed by atoms with Gasteiger partial charge in [-0.25, -0.2) is 19.9 Å². The van der Waals surface area contributed by atoms with Crippen molar-refractivity contribution in [3.63, 3.8) is 0 Å². The van der Waals surface area contributed by atoms with Crippen molar-refractivity contribution in [2.24, 2.45) is 5.92 Å². The summed E-state index contributed by atoms with van der Waals surface area (Å²) < 4.78 is 24.7. The molecule has 0 fully saturated rings. The number of aromatic nitrogens is 4. The standard InChI is InChI=1S/C21H23FN6O2/c1-12(13(2)15-3-4-24-21-19(15)29-5-6-30-21)9-25-18-8-17(27-11-28-18)14-7-16(23)20(22)26-10-14/h3-4,7-8,10-13H,5-6,9,23H2,1-2H3,(H,25,27,28)/t12-,13?/m1/s1. The van der Waals surface area contributed by atoms with Gasteiger partial charge >= 0.3 is 0 Å². The predicted molar refractivity (Wildman–Crippen MR) is 111 cm³/mol. The first-order valence-electron chi connectivity index (χ1n) is 9.74. The van der Waals surface area contributed by atoms with E-state index in [0.29, 0.717) is 42.7 Å². The van der Waals surface area contributed by atoms with Gasteiger partial charge in [-0.1, -0.05) is 13.8 Å². The Morgan fingerprint density at radius 3 is 2.80 bits per heavy atom. The third kappa shape index (κ3) is 4.10. The van der Waals surface area contributed by atoms with E-state index >= 15 is 0 Å². The van der Waals surface area contributed by atoms with Crippen LogP contribution in [0.25, 0.3) is 11.3 Å². The van der Waals surface area contributed by atoms with E-state index in [2.05, 4.69) is 39.1 Å². The molecule has 4 heterocycles. The van der Waals surface area contributed by atoms with Gasteiger partial charge in [0, 0.05) is 36.1 Å². The van der Waals surface area contributed by atoms with E-state index in [-0.39, 0.29) is 17.5 Å². The normalized spacial score (nSPS) is 14.8. The number of hydrogen-bond donors (Lipinski definition) is 2. The van der Waals surface area contributed by atoms with E-state index in [1.807, 2.05) is 6.07 Å². The molecule has 0 aromatic carbocycles. The third-order valence-corrected chi connectivity index (χ3v) is 5.25. The number of nitrogens with one attached hydrogen (secondary N) is 1. The summed E-state index contributed by atoms with van der Waals surface area (Å²) in [5.74, 6) is 1.73. The van der Waals surface area contributed by atoms with Gasteiger partial charge in [0.05, 0.1) is 11.4 Å². The van der Waals surface area contributed by atoms with E-state index in [4.69, 9.17) is 15.2 Å². The van der Waals surface area contributed by atoms with Gasteiger partial charge in [0.15, 0.2) is 5.75 Å². The summed E-state index contributed by atoms with van der Waals surface area (Å²) >= 11 is 0. The Balaban J connectivity index is 1.45. The minimum absolute atomic E-state index is 0.0186. The number of nitrogens with two attached hydrogens (primary N) is 1. The zero-order valence-electron chi connectivity index (χ0n) is 16.8. The lowest BCUT2D eigenvalue weighted by atomic mass is 9.88. The van der Waals surface area contributed by atoms with Crippen molar-refractivity contribution in [3.05, 3.63) is 48.4 Å². The average molecular weight is 410 g/mol. The zero-order valence-corrected chi connectivity index (χ0v) is 16.8. The van der Waals surface area contributed by atoms with Crippen molar-refractivity contribution in [1.82, 2.24) is 19.9 Å². The van der Waals surface area contributed by atoms with Crippen LogP contribution in [0.1, 0.15) is 25.3 Å². The molecule has 30 heavy (non-hydrogen) atoms. The van der Waals surface area contributed by atoms with Gasteiger partial charge in [-0.15, -0.1) is 0 Å². The maximum absolute atomic E-state index is 13.3. The second-order valence-electron chi connectivity index (χ2n) is 7.27. The van der Waals surface area contributed by atoms with Crippen LogP contribution in [0.15, 0.2) is 36.9 Å². The molecule has 1 aliphatic rings. The van der Waals surface area contributed by atoms with Crippen molar-refractivity contribution in [3.8, 4) is 22.9 Å². The number of fused-ring (bicyclic) bond motifs is 1. The first kappa shape index (κ1) is 19.8. The van der Waals surface area contributed by atoms with Crippen LogP contribution in [0.3, 0.4) is 0 Å². The van der Waals surface area contributed by atoms with Gasteiger partial charge in [0.25, 0.3) is 5.88 Å². The Kier molecular flexibility index (Phi) is 5.60. The summed E-state index contributed by atoms with van der Waals surface area (Å²) in [6.07, 6.45) is 4.60. The molecule has 3 N–H and O–H groups in total. The molecule has 0 amide bonds. The minimum atomic E-state index is -0.693. The van der Waals surface area contributed by atoms with Crippen LogP contribution >= 0.6 is 0 Å². The fourth-order valence-electron chi connectivity index (χ4n) is 3.30. The zero-order chi connectivity index (χ0) is 21.1. The molecule has 4 rings (SSSR count). The van der Waals surface area contributed by atoms with Crippen LogP contribution in [0.4, 0.5) is 15.9 Å². The van der Waals surface area contributed by atoms with Crippen LogP contribution in [0.5, 0.6) is 11.6 Å². The van der Waals surface area contributed by atoms with Crippen LogP contribution < -0.4 is 20.5 Å². The molecule has 0 spiro atoms. The first-order chi connectivity index (χ1) is 14.5. The lowest BCUT2D eigenvalue weighted by Crippen LogP contribution is -2.21. The number of halogens is 1. The van der Waals surface area contributed by atoms with Gasteiger partial charge < -0.3 is 20.5 Å². The summed E-state index contributed by atoms with van der Waals surface area (Å²) in [7, 11) is 0. The number of nitrogen functional groups attached to an aromatic ring is 1. The summed E-state index contributed by atoms with van der Waals surface area (Å²) in [5, 5.41) is 3.35. The molecule has 3 aromatic rings. The van der Waals surface area contributed by atoms with Crippen LogP contribution in [0, 0.1) is 11.9 Å². The number of rotatable bonds is 6. The smallest absolute Gasteiger partial charge is 0.257 e. The Bertz CT molecular complexity index is 1050. The van der Waals surface area contributed by atoms with Crippen molar-refractivity contribution in [2.45, 2.75) is 19.8 Å². The van der Waals surface area contributed by atoms with E-state index in [9.17, 15) is 4.39 Å². The van der Waals surface area contributed by atoms with E-state index in [1.54, 1.807) is 12.3 Å². The molecule has 1 unspecified atom stereocenters. The van der Waals surface area contributed by atoms with Gasteiger partial charge in [-0.2, -0.15) is 4.39 Å². The Hall–Kier alpha value is -3.49. The molecule has 8 nitrogen and oxygen atoms in total. The first-order valence-corrected chi connectivity index (χ1v) is 9.74. The molecule has 0 bridgehead atoms. The molecule has 0 saturated heterocycles. The maximum atomic E-state index is 13.3. The second kappa shape index (κ2) is 8.48. The largest absolute Gasteiger partial charge is 0.484 e. The van der Waals surface area contributed by atoms with Gasteiger partial charge in [0.1, 0.15) is 25.4 Å². The Morgan fingerprint density at radius 2 is 1.97 bits per heavy atom. The quantitative estimate of drug-likeness (QED) is 0.596. The predicted octanol–water partition coefficient (Wildman–Crippen LogP) is 3.28. The van der Waals surface area contributed by atoms with Crippen molar-refractivity contribution >= 4 is 11.5 Å². The third-order valence-electron chi connectivity index (χ3n) is 5.25. The number of nitrogens with zero attached hydrogens (tertiary/aromatic N) is 4. The number of hydrogen-bond acceptors (Lipinski definition) is 8. The maximum Gasteiger partial charge on any atom is 0.257 e. The van der Waals surface area contributed by atoms with Gasteiger partial charge in [-0.05, 0) is 24.0 Å². The molecule has 2 atom stereocenters. The number of ether oxygens (including phenoxy) is 2. The highest BCUT2D eigenvalue weighted by atomic mass is 19.1. The molecular weight excluding hydrogens is 387 g/mol. The van der Waals surface area contributed by atoms with Crippen molar-refractivity contribution in [2.75, 3.05) is 30.8 Å². The van der Waals surface area contributed by atoms with Crippen LogP contribution in [-0.4, -0.2) is 39.7 Å². The minimum Gasteiger partial charge on any atom is -0.484 e. The monoisotopic (exact) mass is 410 g/mol. The Labute approximate surface area is 173 Å². The highest BCUT2D eigenvalue weighted by Crippen LogP contribution is 2.38. The van der Waals surface area contributed by atoms with E-state index < -0.39 is 5.95 Å². The topological polar surface area (TPSA) is 108 Å². The summed E-state index contributed by atoms with van der Waals surface area (Å²) in [4.78, 5) is 16.4. The molecule has 0 aliphatic carbocycles. The summed E-state index contributed by atoms with van der Waals surface area (Å²) in [6, 6.07) is 5.27. The molecule has 0 radical (unpaired) electrons. The highest BCUT2D eigenvalue weighted by molar-refractivity contribution is 5.64. The van der Waals surface area contributed by atoms with Gasteiger partial charge in [-0.3, -0.25) is 0 Å². The van der Waals surface area contributed by atoms with Gasteiger partial charge in [0.2, 0.25) is 5.95 Å². The molecular formula is C21H23FN6O2. The van der Waals surface area contributed by atoms with Crippen LogP contribution in [-0.2, 0) is 0 Å². The highest BCUT2D eigenvalue weighted by Gasteiger charge is 2.24. The number of anilines is 2. The average Bonchev–Trinajstić information content (AvgIpc) is 2.78. The fraction of sp³-hybridized carbons (Fsp3) is 0.333. The lowest BCUT2D eigenvalue weighted by Gasteiger charge is -2.26. The van der Waals surface area contributed by atoms with E-state index in [1.165, 1.54) is 18.6 Å². The summed E-state index contributed by atoms with van der Waals surface area (Å²) in [5.41, 5.74) is 7.91. The van der Waals surface area contributed by atoms with Crippen LogP contribution in [0.2, 0.25) is 0 Å². The molecule has 9 heteroatoms. The SMILES string of the molecule is CC(c1ccnc2c1OCCO2)[C@H](C)CNc1cc(-c2cnc(F)c(N)c2)ncn1. The Morgan fingerprint density at radius 1 is 1.13 bits per heavy atom. The van der Waals surface area contributed by atoms with E-state index in [0.717, 1.165) is 11.3 Å². The van der Waals surface area contributed by atoms with Crippen molar-refractivity contribution < 1.29 is 13.9 Å². The molecule has 3 aromatic heterocycles.